The largest absolute Gasteiger partial charge is 0.331 e. The second-order valence-electron chi connectivity index (χ2n) is 5.04. The molecule has 0 aromatic heterocycles. The monoisotopic (exact) mass is 352 g/mol. The van der Waals surface area contributed by atoms with E-state index < -0.39 is 29.1 Å². The Bertz CT molecular complexity index is 731. The lowest BCUT2D eigenvalue weighted by Gasteiger charge is -2.17. The van der Waals surface area contributed by atoms with E-state index in [2.05, 4.69) is 5.32 Å². The van der Waals surface area contributed by atoms with Crippen LogP contribution in [0.2, 0.25) is 5.02 Å². The van der Waals surface area contributed by atoms with Gasteiger partial charge in [-0.05, 0) is 36.2 Å². The van der Waals surface area contributed by atoms with Gasteiger partial charge in [0.1, 0.15) is 17.2 Å². The van der Waals surface area contributed by atoms with Gasteiger partial charge < -0.3 is 5.32 Å². The maximum Gasteiger partial charge on any atom is 0.322 e. The molecule has 2 N–H and O–H groups in total. The number of hydrogen-bond donors (Lipinski definition) is 2. The predicted molar refractivity (Wildman–Crippen MR) is 86.8 cm³/mol. The minimum Gasteiger partial charge on any atom is -0.331 e. The van der Waals surface area contributed by atoms with E-state index in [9.17, 15) is 18.4 Å². The van der Waals surface area contributed by atoms with E-state index in [4.69, 9.17) is 11.6 Å². The average molecular weight is 353 g/mol. The first-order chi connectivity index (χ1) is 11.4. The summed E-state index contributed by atoms with van der Waals surface area (Å²) >= 11 is 5.82. The molecule has 0 radical (unpaired) electrons. The number of urea groups is 1. The molecule has 2 rings (SSSR count). The van der Waals surface area contributed by atoms with E-state index in [1.165, 1.54) is 0 Å². The molecule has 0 saturated carbocycles. The Morgan fingerprint density at radius 2 is 1.67 bits per heavy atom. The Morgan fingerprint density at radius 3 is 2.21 bits per heavy atom. The van der Waals surface area contributed by atoms with Crippen molar-refractivity contribution >= 4 is 23.5 Å². The van der Waals surface area contributed by atoms with Crippen molar-refractivity contribution in [2.75, 3.05) is 0 Å². The second kappa shape index (κ2) is 7.88. The third-order valence-electron chi connectivity index (χ3n) is 3.40. The predicted octanol–water partition coefficient (Wildman–Crippen LogP) is 4.21. The summed E-state index contributed by atoms with van der Waals surface area (Å²) in [6.45, 7) is 1.85. The highest BCUT2D eigenvalue weighted by Crippen LogP contribution is 2.19. The first kappa shape index (κ1) is 17.9. The van der Waals surface area contributed by atoms with E-state index in [-0.39, 0.29) is 6.04 Å². The van der Waals surface area contributed by atoms with Gasteiger partial charge >= 0.3 is 6.03 Å². The number of carbonyl (C=O) groups is 2. The smallest absolute Gasteiger partial charge is 0.322 e. The Morgan fingerprint density at radius 1 is 1.08 bits per heavy atom. The first-order valence-corrected chi connectivity index (χ1v) is 7.61. The summed E-state index contributed by atoms with van der Waals surface area (Å²) < 4.78 is 27.1. The molecule has 0 heterocycles. The zero-order valence-electron chi connectivity index (χ0n) is 12.8. The molecule has 1 atom stereocenters. The Kier molecular flexibility index (Phi) is 5.87. The minimum absolute atomic E-state index is 0.375. The maximum atomic E-state index is 13.5. The summed E-state index contributed by atoms with van der Waals surface area (Å²) in [4.78, 5) is 23.8. The molecule has 3 amide bonds. The zero-order valence-corrected chi connectivity index (χ0v) is 13.5. The van der Waals surface area contributed by atoms with E-state index in [0.717, 1.165) is 23.8 Å². The molecule has 1 unspecified atom stereocenters. The van der Waals surface area contributed by atoms with Crippen molar-refractivity contribution in [3.8, 4) is 0 Å². The highest BCUT2D eigenvalue weighted by molar-refractivity contribution is 6.30. The fraction of sp³-hybridized carbons (Fsp3) is 0.176. The summed E-state index contributed by atoms with van der Waals surface area (Å²) in [7, 11) is 0. The lowest BCUT2D eigenvalue weighted by atomic mass is 10.1. The maximum absolute atomic E-state index is 13.5. The number of nitrogens with one attached hydrogen (secondary N) is 2. The molecule has 0 fully saturated rings. The van der Waals surface area contributed by atoms with Crippen LogP contribution in [0.4, 0.5) is 13.6 Å². The third-order valence-corrected chi connectivity index (χ3v) is 3.65. The summed E-state index contributed by atoms with van der Waals surface area (Å²) in [6.07, 6.45) is 0.553. The Hall–Kier alpha value is -2.47. The van der Waals surface area contributed by atoms with E-state index in [1.807, 2.05) is 12.2 Å². The van der Waals surface area contributed by atoms with E-state index in [0.29, 0.717) is 11.4 Å². The number of rotatable bonds is 4. The molecule has 2 aromatic carbocycles. The van der Waals surface area contributed by atoms with Crippen LogP contribution in [0.1, 0.15) is 35.3 Å². The number of benzene rings is 2. The number of hydrogen-bond acceptors (Lipinski definition) is 2. The van der Waals surface area contributed by atoms with Crippen LogP contribution in [-0.2, 0) is 0 Å². The van der Waals surface area contributed by atoms with Crippen molar-refractivity contribution in [3.05, 3.63) is 70.2 Å². The van der Waals surface area contributed by atoms with Gasteiger partial charge in [0.05, 0.1) is 6.04 Å². The van der Waals surface area contributed by atoms with Crippen molar-refractivity contribution in [2.24, 2.45) is 0 Å². The van der Waals surface area contributed by atoms with Crippen LogP contribution < -0.4 is 10.6 Å². The van der Waals surface area contributed by atoms with Gasteiger partial charge in [0.2, 0.25) is 0 Å². The van der Waals surface area contributed by atoms with Crippen LogP contribution in [0.15, 0.2) is 42.5 Å². The Labute approximate surface area is 142 Å². The molecule has 2 aromatic rings. The topological polar surface area (TPSA) is 58.2 Å². The number of halogens is 3. The number of imide groups is 1. The first-order valence-electron chi connectivity index (χ1n) is 7.23. The van der Waals surface area contributed by atoms with Gasteiger partial charge in [-0.25, -0.2) is 13.6 Å². The van der Waals surface area contributed by atoms with Gasteiger partial charge in [-0.3, -0.25) is 10.1 Å². The van der Waals surface area contributed by atoms with E-state index in [1.54, 1.807) is 24.3 Å². The Balaban J connectivity index is 2.06. The lowest BCUT2D eigenvalue weighted by molar-refractivity contribution is 0.0955. The zero-order chi connectivity index (χ0) is 17.7. The summed E-state index contributed by atoms with van der Waals surface area (Å²) in [5.74, 6) is -3.22. The average Bonchev–Trinajstić information content (AvgIpc) is 2.53. The van der Waals surface area contributed by atoms with Gasteiger partial charge in [0.25, 0.3) is 5.91 Å². The summed E-state index contributed by atoms with van der Waals surface area (Å²) in [5.41, 5.74) is -0.00578. The molecule has 0 spiro atoms. The van der Waals surface area contributed by atoms with Crippen LogP contribution in [-0.4, -0.2) is 11.9 Å². The van der Waals surface area contributed by atoms with Crippen molar-refractivity contribution in [1.82, 2.24) is 10.6 Å². The van der Waals surface area contributed by atoms with Gasteiger partial charge in [-0.15, -0.1) is 0 Å². The lowest BCUT2D eigenvalue weighted by Crippen LogP contribution is -2.41. The molecular formula is C17H15ClF2N2O2. The quantitative estimate of drug-likeness (QED) is 0.866. The van der Waals surface area contributed by atoms with Crippen molar-refractivity contribution < 1.29 is 18.4 Å². The van der Waals surface area contributed by atoms with Crippen molar-refractivity contribution in [1.29, 1.82) is 0 Å². The third kappa shape index (κ3) is 4.29. The highest BCUT2D eigenvalue weighted by Gasteiger charge is 2.20. The van der Waals surface area contributed by atoms with Gasteiger partial charge in [-0.2, -0.15) is 0 Å². The highest BCUT2D eigenvalue weighted by atomic mass is 35.5. The van der Waals surface area contributed by atoms with Crippen LogP contribution in [0, 0.1) is 11.6 Å². The number of amides is 3. The molecule has 0 aliphatic rings. The summed E-state index contributed by atoms with van der Waals surface area (Å²) in [5, 5.41) is 5.07. The molecule has 126 valence electrons. The summed E-state index contributed by atoms with van der Waals surface area (Å²) in [6, 6.07) is 8.65. The van der Waals surface area contributed by atoms with Gasteiger partial charge in [-0.1, -0.05) is 36.7 Å². The van der Waals surface area contributed by atoms with Crippen molar-refractivity contribution in [3.63, 3.8) is 0 Å². The molecule has 4 nitrogen and oxygen atoms in total. The minimum atomic E-state index is -1.14. The van der Waals surface area contributed by atoms with E-state index >= 15 is 0 Å². The molecular weight excluding hydrogens is 338 g/mol. The van der Waals surface area contributed by atoms with Gasteiger partial charge in [0, 0.05) is 5.02 Å². The van der Waals surface area contributed by atoms with Crippen LogP contribution in [0.25, 0.3) is 0 Å². The fourth-order valence-electron chi connectivity index (χ4n) is 2.19. The molecule has 0 bridgehead atoms. The molecule has 0 aliphatic carbocycles. The standard InChI is InChI=1S/C17H15ClF2N2O2/c1-2-14(10-6-8-11(18)9-7-10)21-17(24)22-16(23)15-12(19)4-3-5-13(15)20/h3-9,14H,2H2,1H3,(H2,21,22,23,24). The van der Waals surface area contributed by atoms with Crippen LogP contribution in [0.3, 0.4) is 0 Å². The van der Waals surface area contributed by atoms with Crippen LogP contribution in [0.5, 0.6) is 0 Å². The molecule has 0 saturated heterocycles. The SMILES string of the molecule is CCC(NC(=O)NC(=O)c1c(F)cccc1F)c1ccc(Cl)cc1. The molecule has 0 aliphatic heterocycles. The molecule has 7 heteroatoms. The fourth-order valence-corrected chi connectivity index (χ4v) is 2.32. The molecule has 24 heavy (non-hydrogen) atoms. The van der Waals surface area contributed by atoms with Crippen LogP contribution >= 0.6 is 11.6 Å². The number of carbonyl (C=O) groups excluding carboxylic acids is 2. The van der Waals surface area contributed by atoms with Crippen molar-refractivity contribution in [2.45, 2.75) is 19.4 Å². The van der Waals surface area contributed by atoms with Gasteiger partial charge in [0.15, 0.2) is 0 Å². The normalized spacial score (nSPS) is 11.7. The second-order valence-corrected chi connectivity index (χ2v) is 5.47.